The van der Waals surface area contributed by atoms with Crippen LogP contribution >= 0.6 is 0 Å². The Labute approximate surface area is 147 Å². The van der Waals surface area contributed by atoms with Crippen LogP contribution in [-0.4, -0.2) is 34.1 Å². The van der Waals surface area contributed by atoms with Gasteiger partial charge >= 0.3 is 5.97 Å². The number of carbonyl (C=O) groups excluding carboxylic acids is 1. The van der Waals surface area contributed by atoms with Crippen molar-refractivity contribution in [1.82, 2.24) is 4.72 Å². The maximum atomic E-state index is 12.6. The standard InChI is InChI=1S/C18H21NO5S/c1-3-24-18(20)17(13-14-7-5-4-6-8-14)19-25(21,22)16-11-9-15(23-2)10-12-16/h4-12,17,19H,3,13H2,1-2H3. The van der Waals surface area contributed by atoms with E-state index in [2.05, 4.69) is 4.72 Å². The molecule has 0 aliphatic heterocycles. The van der Waals surface area contributed by atoms with E-state index in [4.69, 9.17) is 9.47 Å². The average molecular weight is 363 g/mol. The molecule has 0 aromatic heterocycles. The van der Waals surface area contributed by atoms with Gasteiger partial charge in [-0.15, -0.1) is 0 Å². The fourth-order valence-electron chi connectivity index (χ4n) is 2.28. The Morgan fingerprint density at radius 3 is 2.28 bits per heavy atom. The first kappa shape index (κ1) is 19.0. The number of nitrogens with one attached hydrogen (secondary N) is 1. The second kappa shape index (κ2) is 8.64. The fraction of sp³-hybridized carbons (Fsp3) is 0.278. The molecule has 2 rings (SSSR count). The largest absolute Gasteiger partial charge is 0.497 e. The molecule has 0 heterocycles. The van der Waals surface area contributed by atoms with Crippen molar-refractivity contribution in [2.45, 2.75) is 24.3 Å². The van der Waals surface area contributed by atoms with Gasteiger partial charge in [0.2, 0.25) is 10.0 Å². The van der Waals surface area contributed by atoms with Crippen LogP contribution in [0.3, 0.4) is 0 Å². The molecular weight excluding hydrogens is 342 g/mol. The third-order valence-corrected chi connectivity index (χ3v) is 5.01. The van der Waals surface area contributed by atoms with E-state index in [0.29, 0.717) is 5.75 Å². The highest BCUT2D eigenvalue weighted by Gasteiger charge is 2.27. The summed E-state index contributed by atoms with van der Waals surface area (Å²) in [6.45, 7) is 1.85. The quantitative estimate of drug-likeness (QED) is 0.727. The predicted molar refractivity (Wildman–Crippen MR) is 93.9 cm³/mol. The van der Waals surface area contributed by atoms with Gasteiger partial charge in [-0.1, -0.05) is 30.3 Å². The van der Waals surface area contributed by atoms with E-state index in [0.717, 1.165) is 5.56 Å². The molecule has 0 saturated heterocycles. The Bertz CT molecular complexity index is 788. The minimum absolute atomic E-state index is 0.0515. The van der Waals surface area contributed by atoms with Crippen molar-refractivity contribution in [1.29, 1.82) is 0 Å². The molecule has 1 N–H and O–H groups in total. The lowest BCUT2D eigenvalue weighted by Crippen LogP contribution is -2.43. The van der Waals surface area contributed by atoms with Crippen LogP contribution in [-0.2, 0) is 26.0 Å². The smallest absolute Gasteiger partial charge is 0.324 e. The maximum absolute atomic E-state index is 12.6. The number of ether oxygens (including phenoxy) is 2. The third-order valence-electron chi connectivity index (χ3n) is 3.52. The first-order valence-electron chi connectivity index (χ1n) is 7.83. The molecule has 25 heavy (non-hydrogen) atoms. The van der Waals surface area contributed by atoms with Crippen molar-refractivity contribution in [3.8, 4) is 5.75 Å². The highest BCUT2D eigenvalue weighted by Crippen LogP contribution is 2.16. The van der Waals surface area contributed by atoms with Gasteiger partial charge in [0.15, 0.2) is 0 Å². The lowest BCUT2D eigenvalue weighted by atomic mass is 10.1. The number of esters is 1. The number of sulfonamides is 1. The zero-order valence-corrected chi connectivity index (χ0v) is 15.0. The fourth-order valence-corrected chi connectivity index (χ4v) is 3.46. The van der Waals surface area contributed by atoms with Crippen molar-refractivity contribution < 1.29 is 22.7 Å². The van der Waals surface area contributed by atoms with Crippen LogP contribution in [0.2, 0.25) is 0 Å². The molecule has 0 amide bonds. The number of hydrogen-bond acceptors (Lipinski definition) is 5. The van der Waals surface area contributed by atoms with E-state index >= 15 is 0 Å². The molecule has 2 aromatic rings. The van der Waals surface area contributed by atoms with Crippen LogP contribution < -0.4 is 9.46 Å². The Hall–Kier alpha value is -2.38. The molecular formula is C18H21NO5S. The number of hydrogen-bond donors (Lipinski definition) is 1. The summed E-state index contributed by atoms with van der Waals surface area (Å²) in [5, 5.41) is 0. The summed E-state index contributed by atoms with van der Waals surface area (Å²) in [6, 6.07) is 14.1. The molecule has 6 nitrogen and oxygen atoms in total. The summed E-state index contributed by atoms with van der Waals surface area (Å²) in [6.07, 6.45) is 0.203. The van der Waals surface area contributed by atoms with E-state index in [1.54, 1.807) is 19.1 Å². The zero-order valence-electron chi connectivity index (χ0n) is 14.1. The molecule has 1 atom stereocenters. The molecule has 7 heteroatoms. The summed E-state index contributed by atoms with van der Waals surface area (Å²) < 4.78 is 37.6. The van der Waals surface area contributed by atoms with E-state index in [1.807, 2.05) is 30.3 Å². The first-order valence-corrected chi connectivity index (χ1v) is 9.31. The van der Waals surface area contributed by atoms with Crippen LogP contribution in [0.15, 0.2) is 59.5 Å². The minimum atomic E-state index is -3.87. The van der Waals surface area contributed by atoms with E-state index < -0.39 is 22.0 Å². The molecule has 134 valence electrons. The topological polar surface area (TPSA) is 81.7 Å². The van der Waals surface area contributed by atoms with E-state index in [9.17, 15) is 13.2 Å². The van der Waals surface area contributed by atoms with Crippen LogP contribution in [0.4, 0.5) is 0 Å². The van der Waals surface area contributed by atoms with Gasteiger partial charge in [-0.3, -0.25) is 4.79 Å². The minimum Gasteiger partial charge on any atom is -0.497 e. The van der Waals surface area contributed by atoms with Crippen LogP contribution in [0.1, 0.15) is 12.5 Å². The monoisotopic (exact) mass is 363 g/mol. The number of methoxy groups -OCH3 is 1. The number of carbonyl (C=O) groups is 1. The lowest BCUT2D eigenvalue weighted by molar-refractivity contribution is -0.145. The molecule has 1 unspecified atom stereocenters. The molecule has 2 aromatic carbocycles. The van der Waals surface area contributed by atoms with Crippen molar-refractivity contribution in [3.63, 3.8) is 0 Å². The van der Waals surface area contributed by atoms with Gasteiger partial charge in [0, 0.05) is 0 Å². The Kier molecular flexibility index (Phi) is 6.55. The van der Waals surface area contributed by atoms with Gasteiger partial charge in [0.05, 0.1) is 18.6 Å². The highest BCUT2D eigenvalue weighted by atomic mass is 32.2. The molecule has 0 radical (unpaired) electrons. The second-order valence-electron chi connectivity index (χ2n) is 5.29. The number of benzene rings is 2. The van der Waals surface area contributed by atoms with Gasteiger partial charge in [0.1, 0.15) is 11.8 Å². The molecule has 0 bridgehead atoms. The van der Waals surface area contributed by atoms with E-state index in [1.165, 1.54) is 19.2 Å². The molecule has 0 aliphatic rings. The van der Waals surface area contributed by atoms with Crippen molar-refractivity contribution in [2.75, 3.05) is 13.7 Å². The molecule has 0 aliphatic carbocycles. The SMILES string of the molecule is CCOC(=O)C(Cc1ccccc1)NS(=O)(=O)c1ccc(OC)cc1. The van der Waals surface area contributed by atoms with Gasteiger partial charge in [0.25, 0.3) is 0 Å². The third kappa shape index (κ3) is 5.30. The lowest BCUT2D eigenvalue weighted by Gasteiger charge is -2.17. The van der Waals surface area contributed by atoms with Crippen molar-refractivity contribution >= 4 is 16.0 Å². The molecule has 0 spiro atoms. The van der Waals surface area contributed by atoms with Crippen molar-refractivity contribution in [3.05, 3.63) is 60.2 Å². The first-order chi connectivity index (χ1) is 12.0. The maximum Gasteiger partial charge on any atom is 0.324 e. The average Bonchev–Trinajstić information content (AvgIpc) is 2.62. The summed E-state index contributed by atoms with van der Waals surface area (Å²) >= 11 is 0. The van der Waals surface area contributed by atoms with Gasteiger partial charge < -0.3 is 9.47 Å². The van der Waals surface area contributed by atoms with Crippen molar-refractivity contribution in [2.24, 2.45) is 0 Å². The summed E-state index contributed by atoms with van der Waals surface area (Å²) in [4.78, 5) is 12.2. The Balaban J connectivity index is 2.22. The second-order valence-corrected chi connectivity index (χ2v) is 7.01. The van der Waals surface area contributed by atoms with Gasteiger partial charge in [-0.25, -0.2) is 8.42 Å². The van der Waals surface area contributed by atoms with Crippen LogP contribution in [0.25, 0.3) is 0 Å². The van der Waals surface area contributed by atoms with Crippen LogP contribution in [0, 0.1) is 0 Å². The van der Waals surface area contributed by atoms with Gasteiger partial charge in [-0.05, 0) is 43.2 Å². The predicted octanol–water partition coefficient (Wildman–Crippen LogP) is 2.15. The van der Waals surface area contributed by atoms with E-state index in [-0.39, 0.29) is 17.9 Å². The number of rotatable bonds is 8. The summed E-state index contributed by atoms with van der Waals surface area (Å²) in [5.74, 6) is -0.0615. The normalized spacial score (nSPS) is 12.4. The Morgan fingerprint density at radius 1 is 1.08 bits per heavy atom. The van der Waals surface area contributed by atoms with Gasteiger partial charge in [-0.2, -0.15) is 4.72 Å². The summed E-state index contributed by atoms with van der Waals surface area (Å²) in [5.41, 5.74) is 0.831. The highest BCUT2D eigenvalue weighted by molar-refractivity contribution is 7.89. The molecule has 0 fully saturated rings. The zero-order chi connectivity index (χ0) is 18.3. The summed E-state index contributed by atoms with van der Waals surface area (Å²) in [7, 11) is -2.38. The van der Waals surface area contributed by atoms with Crippen LogP contribution in [0.5, 0.6) is 5.75 Å². The molecule has 0 saturated carbocycles. The Morgan fingerprint density at radius 2 is 1.72 bits per heavy atom.